The van der Waals surface area contributed by atoms with Gasteiger partial charge in [0.05, 0.1) is 28.4 Å². The van der Waals surface area contributed by atoms with Gasteiger partial charge in [0.2, 0.25) is 0 Å². The zero-order valence-electron chi connectivity index (χ0n) is 31.0. The molecule has 0 bridgehead atoms. The van der Waals surface area contributed by atoms with Crippen LogP contribution in [0.25, 0.3) is 104 Å². The monoisotopic (exact) mass is 757 g/mol. The van der Waals surface area contributed by atoms with Gasteiger partial charge in [-0.1, -0.05) is 140 Å². The topological polar surface area (TPSA) is 67.4 Å². The predicted molar refractivity (Wildman–Crippen MR) is 239 cm³/mol. The van der Waals surface area contributed by atoms with Crippen molar-refractivity contribution in [2.75, 3.05) is 0 Å². The lowest BCUT2D eigenvalue weighted by molar-refractivity contribution is 1.07. The van der Waals surface area contributed by atoms with Gasteiger partial charge in [0, 0.05) is 53.2 Å². The molecule has 0 radical (unpaired) electrons. The summed E-state index contributed by atoms with van der Waals surface area (Å²) in [7, 11) is 0. The molecule has 3 aromatic heterocycles. The van der Waals surface area contributed by atoms with E-state index in [2.05, 4.69) is 168 Å². The van der Waals surface area contributed by atoms with E-state index in [0.29, 0.717) is 23.0 Å². The van der Waals surface area contributed by atoms with Crippen molar-refractivity contribution >= 4 is 53.3 Å². The third kappa shape index (κ3) is 5.73. The molecule has 11 rings (SSSR count). The van der Waals surface area contributed by atoms with E-state index in [-0.39, 0.29) is 0 Å². The summed E-state index contributed by atoms with van der Waals surface area (Å²) in [5.41, 5.74) is 10.8. The molecule has 0 saturated carbocycles. The molecular weight excluding hydrogens is 727 g/mol. The number of para-hydroxylation sites is 2. The molecule has 6 heteroatoms. The van der Waals surface area contributed by atoms with Crippen molar-refractivity contribution in [2.45, 2.75) is 0 Å². The van der Waals surface area contributed by atoms with Crippen molar-refractivity contribution in [3.05, 3.63) is 194 Å². The highest BCUT2D eigenvalue weighted by Gasteiger charge is 2.19. The Labute approximate surface area is 338 Å². The van der Waals surface area contributed by atoms with Gasteiger partial charge in [0.1, 0.15) is 0 Å². The minimum atomic E-state index is 0.501. The SMILES string of the molecule is N#Cc1cccc(-c2nc(-c3ccc(-c4ccc5sc6ccccc6c5c4)cc3)nc(-c3ccc(-c4ccccc4)c(-n4c5ccccc5c5ccccc54)c3)n2)c1. The minimum Gasteiger partial charge on any atom is -0.309 e. The fourth-order valence-electron chi connectivity index (χ4n) is 8.11. The number of nitrogens with zero attached hydrogens (tertiary/aromatic N) is 5. The second kappa shape index (κ2) is 13.8. The number of nitriles is 1. The summed E-state index contributed by atoms with van der Waals surface area (Å²) in [5.74, 6) is 1.60. The standard InChI is InChI=1S/C52H31N5S/c53-32-33-11-10-14-38(29-33)51-54-50(36-23-21-34(22-24-36)37-26-28-49-44(30-37)43-17-6-9-20-48(43)58-49)55-52(56-51)39-25-27-40(35-12-2-1-3-13-35)47(31-39)57-45-18-7-4-15-41(45)42-16-5-8-19-46(42)57/h1-31H. The number of benzene rings is 8. The molecule has 0 aliphatic rings. The number of rotatable bonds is 6. The Hall–Kier alpha value is -7.72. The molecule has 0 fully saturated rings. The third-order valence-corrected chi connectivity index (χ3v) is 12.1. The van der Waals surface area contributed by atoms with Crippen molar-refractivity contribution in [2.24, 2.45) is 0 Å². The van der Waals surface area contributed by atoms with Gasteiger partial charge in [0.25, 0.3) is 0 Å². The zero-order valence-corrected chi connectivity index (χ0v) is 31.9. The molecular formula is C52H31N5S. The summed E-state index contributed by atoms with van der Waals surface area (Å²) in [5, 5.41) is 14.7. The first-order valence-electron chi connectivity index (χ1n) is 19.2. The maximum Gasteiger partial charge on any atom is 0.164 e. The maximum absolute atomic E-state index is 9.78. The minimum absolute atomic E-state index is 0.501. The summed E-state index contributed by atoms with van der Waals surface area (Å²) in [6, 6.07) is 67.5. The second-order valence-corrected chi connectivity index (χ2v) is 15.4. The molecule has 0 saturated heterocycles. The Morgan fingerprint density at radius 3 is 1.67 bits per heavy atom. The summed E-state index contributed by atoms with van der Waals surface area (Å²) in [6.45, 7) is 0. The van der Waals surface area contributed by atoms with Crippen LogP contribution in [-0.4, -0.2) is 19.5 Å². The van der Waals surface area contributed by atoms with Crippen LogP contribution < -0.4 is 0 Å². The first-order chi connectivity index (χ1) is 28.7. The zero-order chi connectivity index (χ0) is 38.6. The van der Waals surface area contributed by atoms with Gasteiger partial charge in [-0.2, -0.15) is 5.26 Å². The molecule has 0 spiro atoms. The lowest BCUT2D eigenvalue weighted by Crippen LogP contribution is -2.02. The molecule has 0 unspecified atom stereocenters. The highest BCUT2D eigenvalue weighted by atomic mass is 32.1. The Balaban J connectivity index is 1.08. The molecule has 0 aliphatic heterocycles. The molecule has 0 aliphatic carbocycles. The average Bonchev–Trinajstić information content (AvgIpc) is 3.84. The fraction of sp³-hybridized carbons (Fsp3) is 0. The van der Waals surface area contributed by atoms with Crippen LogP contribution >= 0.6 is 11.3 Å². The number of hydrogen-bond acceptors (Lipinski definition) is 5. The van der Waals surface area contributed by atoms with Gasteiger partial charge in [-0.25, -0.2) is 15.0 Å². The van der Waals surface area contributed by atoms with Gasteiger partial charge < -0.3 is 4.57 Å². The van der Waals surface area contributed by atoms with E-state index in [4.69, 9.17) is 15.0 Å². The molecule has 270 valence electrons. The predicted octanol–water partition coefficient (Wildman–Crippen LogP) is 13.5. The Bertz CT molecular complexity index is 3360. The van der Waals surface area contributed by atoms with E-state index in [0.717, 1.165) is 55.7 Å². The van der Waals surface area contributed by atoms with Crippen LogP contribution in [0.2, 0.25) is 0 Å². The van der Waals surface area contributed by atoms with Crippen molar-refractivity contribution in [3.8, 4) is 68.2 Å². The van der Waals surface area contributed by atoms with Crippen molar-refractivity contribution < 1.29 is 0 Å². The van der Waals surface area contributed by atoms with Crippen LogP contribution in [0, 0.1) is 11.3 Å². The average molecular weight is 758 g/mol. The third-order valence-electron chi connectivity index (χ3n) is 10.9. The van der Waals surface area contributed by atoms with E-state index in [1.54, 1.807) is 6.07 Å². The van der Waals surface area contributed by atoms with Crippen LogP contribution in [0.3, 0.4) is 0 Å². The van der Waals surface area contributed by atoms with Crippen molar-refractivity contribution in [3.63, 3.8) is 0 Å². The first-order valence-corrected chi connectivity index (χ1v) is 20.0. The fourth-order valence-corrected chi connectivity index (χ4v) is 9.19. The van der Waals surface area contributed by atoms with E-state index >= 15 is 0 Å². The van der Waals surface area contributed by atoms with Gasteiger partial charge in [0.15, 0.2) is 17.5 Å². The molecule has 11 aromatic rings. The summed E-state index contributed by atoms with van der Waals surface area (Å²) >= 11 is 1.83. The Morgan fingerprint density at radius 2 is 0.948 bits per heavy atom. The highest BCUT2D eigenvalue weighted by molar-refractivity contribution is 7.25. The van der Waals surface area contributed by atoms with Gasteiger partial charge >= 0.3 is 0 Å². The van der Waals surface area contributed by atoms with Crippen molar-refractivity contribution in [1.82, 2.24) is 19.5 Å². The summed E-state index contributed by atoms with van der Waals surface area (Å²) in [4.78, 5) is 15.3. The number of fused-ring (bicyclic) bond motifs is 6. The highest BCUT2D eigenvalue weighted by Crippen LogP contribution is 2.39. The largest absolute Gasteiger partial charge is 0.309 e. The van der Waals surface area contributed by atoms with Crippen LogP contribution in [0.4, 0.5) is 0 Å². The summed E-state index contributed by atoms with van der Waals surface area (Å²) < 4.78 is 4.93. The molecule has 3 heterocycles. The molecule has 0 atom stereocenters. The molecule has 5 nitrogen and oxygen atoms in total. The number of hydrogen-bond donors (Lipinski definition) is 0. The lowest BCUT2D eigenvalue weighted by atomic mass is 10.00. The van der Waals surface area contributed by atoms with Crippen LogP contribution in [0.1, 0.15) is 5.56 Å². The van der Waals surface area contributed by atoms with Gasteiger partial charge in [-0.05, 0) is 65.2 Å². The quantitative estimate of drug-likeness (QED) is 0.169. The maximum atomic E-state index is 9.78. The molecule has 8 aromatic carbocycles. The summed E-state index contributed by atoms with van der Waals surface area (Å²) in [6.07, 6.45) is 0. The molecule has 58 heavy (non-hydrogen) atoms. The number of aromatic nitrogens is 4. The molecule has 0 amide bonds. The number of thiophene rings is 1. The van der Waals surface area contributed by atoms with Crippen molar-refractivity contribution in [1.29, 1.82) is 5.26 Å². The van der Waals surface area contributed by atoms with E-state index in [9.17, 15) is 5.26 Å². The van der Waals surface area contributed by atoms with Gasteiger partial charge in [-0.15, -0.1) is 11.3 Å². The smallest absolute Gasteiger partial charge is 0.164 e. The van der Waals surface area contributed by atoms with E-state index in [1.165, 1.54) is 30.9 Å². The first kappa shape index (κ1) is 33.6. The Kier molecular flexibility index (Phi) is 7.99. The van der Waals surface area contributed by atoms with Gasteiger partial charge in [-0.3, -0.25) is 0 Å². The van der Waals surface area contributed by atoms with Crippen LogP contribution in [0.15, 0.2) is 188 Å². The Morgan fingerprint density at radius 1 is 0.397 bits per heavy atom. The van der Waals surface area contributed by atoms with E-state index < -0.39 is 0 Å². The van der Waals surface area contributed by atoms with Crippen LogP contribution in [0.5, 0.6) is 0 Å². The van der Waals surface area contributed by atoms with Crippen LogP contribution in [-0.2, 0) is 0 Å². The lowest BCUT2D eigenvalue weighted by Gasteiger charge is -2.16. The second-order valence-electron chi connectivity index (χ2n) is 14.4. The normalized spacial score (nSPS) is 11.4. The van der Waals surface area contributed by atoms with E-state index in [1.807, 2.05) is 35.6 Å². The molecule has 0 N–H and O–H groups in total.